The third-order valence-electron chi connectivity index (χ3n) is 3.67. The van der Waals surface area contributed by atoms with E-state index in [4.69, 9.17) is 0 Å². The summed E-state index contributed by atoms with van der Waals surface area (Å²) in [5, 5.41) is 3.30. The van der Waals surface area contributed by atoms with Gasteiger partial charge in [0.05, 0.1) is 0 Å². The minimum Gasteiger partial charge on any atom is -0.381 e. The highest BCUT2D eigenvalue weighted by molar-refractivity contribution is 6.04. The molecule has 0 aliphatic carbocycles. The molecule has 5 nitrogen and oxygen atoms in total. The molecule has 2 aromatic heterocycles. The van der Waals surface area contributed by atoms with Crippen molar-refractivity contribution in [2.45, 2.75) is 6.54 Å². The molecule has 3 aromatic rings. The Hall–Kier alpha value is -3.21. The van der Waals surface area contributed by atoms with Crippen molar-refractivity contribution in [3.8, 4) is 0 Å². The van der Waals surface area contributed by atoms with E-state index in [0.29, 0.717) is 12.2 Å². The van der Waals surface area contributed by atoms with Gasteiger partial charge in [0.1, 0.15) is 5.69 Å². The standard InChI is InChI=1S/C19H18N4O/c1-23(17-5-3-2-4-6-17)19(24)18-13-16(9-12-21-18)22-14-15-7-10-20-11-8-15/h2-13H,14H2,1H3,(H,21,22). The van der Waals surface area contributed by atoms with Gasteiger partial charge in [-0.15, -0.1) is 0 Å². The van der Waals surface area contributed by atoms with Crippen LogP contribution in [0.2, 0.25) is 0 Å². The third kappa shape index (κ3) is 3.76. The Kier molecular flexibility index (Phi) is 4.81. The Morgan fingerprint density at radius 1 is 1.04 bits per heavy atom. The van der Waals surface area contributed by atoms with E-state index >= 15 is 0 Å². The largest absolute Gasteiger partial charge is 0.381 e. The number of hydrogen-bond acceptors (Lipinski definition) is 4. The zero-order valence-electron chi connectivity index (χ0n) is 13.4. The lowest BCUT2D eigenvalue weighted by Crippen LogP contribution is -2.27. The number of amides is 1. The SMILES string of the molecule is CN(C(=O)c1cc(NCc2ccncc2)ccn1)c1ccccc1. The predicted octanol–water partition coefficient (Wildman–Crippen LogP) is 3.37. The number of pyridine rings is 2. The summed E-state index contributed by atoms with van der Waals surface area (Å²) in [6.07, 6.45) is 5.15. The molecule has 0 aliphatic rings. The molecule has 0 fully saturated rings. The van der Waals surface area contributed by atoms with Crippen LogP contribution in [-0.2, 0) is 6.54 Å². The van der Waals surface area contributed by atoms with Gasteiger partial charge in [0.25, 0.3) is 5.91 Å². The lowest BCUT2D eigenvalue weighted by molar-refractivity contribution is 0.0988. The molecular formula is C19H18N4O. The van der Waals surface area contributed by atoms with E-state index in [9.17, 15) is 4.79 Å². The molecular weight excluding hydrogens is 300 g/mol. The fourth-order valence-corrected chi connectivity index (χ4v) is 2.30. The van der Waals surface area contributed by atoms with Crippen LogP contribution in [0.3, 0.4) is 0 Å². The third-order valence-corrected chi connectivity index (χ3v) is 3.67. The highest BCUT2D eigenvalue weighted by Gasteiger charge is 2.14. The summed E-state index contributed by atoms with van der Waals surface area (Å²) in [6, 6.07) is 17.0. The number of anilines is 2. The number of aromatic nitrogens is 2. The van der Waals surface area contributed by atoms with Crippen molar-refractivity contribution in [3.63, 3.8) is 0 Å². The van der Waals surface area contributed by atoms with Gasteiger partial charge in [0, 0.05) is 43.6 Å². The summed E-state index contributed by atoms with van der Waals surface area (Å²) >= 11 is 0. The molecule has 1 amide bonds. The van der Waals surface area contributed by atoms with E-state index in [-0.39, 0.29) is 5.91 Å². The molecule has 0 unspecified atom stereocenters. The minimum atomic E-state index is -0.145. The van der Waals surface area contributed by atoms with E-state index in [0.717, 1.165) is 16.9 Å². The summed E-state index contributed by atoms with van der Waals surface area (Å²) in [5.74, 6) is -0.145. The second kappa shape index (κ2) is 7.37. The van der Waals surface area contributed by atoms with E-state index < -0.39 is 0 Å². The van der Waals surface area contributed by atoms with Crippen LogP contribution >= 0.6 is 0 Å². The number of benzene rings is 1. The number of carbonyl (C=O) groups excluding carboxylic acids is 1. The molecule has 1 N–H and O–H groups in total. The number of hydrogen-bond donors (Lipinski definition) is 1. The maximum absolute atomic E-state index is 12.6. The molecule has 24 heavy (non-hydrogen) atoms. The Morgan fingerprint density at radius 3 is 2.54 bits per heavy atom. The van der Waals surface area contributed by atoms with Crippen molar-refractivity contribution < 1.29 is 4.79 Å². The van der Waals surface area contributed by atoms with Crippen molar-refractivity contribution in [2.24, 2.45) is 0 Å². The molecule has 0 saturated carbocycles. The zero-order valence-corrected chi connectivity index (χ0v) is 13.4. The van der Waals surface area contributed by atoms with Gasteiger partial charge in [0.15, 0.2) is 0 Å². The maximum Gasteiger partial charge on any atom is 0.276 e. The van der Waals surface area contributed by atoms with Crippen LogP contribution in [0.5, 0.6) is 0 Å². The first-order chi connectivity index (χ1) is 11.7. The van der Waals surface area contributed by atoms with Gasteiger partial charge in [-0.3, -0.25) is 14.8 Å². The molecule has 1 aromatic carbocycles. The first kappa shape index (κ1) is 15.7. The fourth-order valence-electron chi connectivity index (χ4n) is 2.30. The monoisotopic (exact) mass is 318 g/mol. The Morgan fingerprint density at radius 2 is 1.79 bits per heavy atom. The van der Waals surface area contributed by atoms with E-state index in [1.807, 2.05) is 48.5 Å². The number of nitrogens with zero attached hydrogens (tertiary/aromatic N) is 3. The summed E-state index contributed by atoms with van der Waals surface area (Å²) in [5.41, 5.74) is 3.21. The number of para-hydroxylation sites is 1. The highest BCUT2D eigenvalue weighted by Crippen LogP contribution is 2.16. The molecule has 5 heteroatoms. The normalized spacial score (nSPS) is 10.2. The van der Waals surface area contributed by atoms with Crippen molar-refractivity contribution in [1.82, 2.24) is 9.97 Å². The summed E-state index contributed by atoms with van der Waals surface area (Å²) in [4.78, 5) is 22.4. The van der Waals surface area contributed by atoms with Gasteiger partial charge in [-0.25, -0.2) is 0 Å². The Labute approximate surface area is 141 Å². The maximum atomic E-state index is 12.6. The van der Waals surface area contributed by atoms with Crippen LogP contribution in [0, 0.1) is 0 Å². The molecule has 0 aliphatic heterocycles. The number of nitrogens with one attached hydrogen (secondary N) is 1. The van der Waals surface area contributed by atoms with Crippen LogP contribution in [0.4, 0.5) is 11.4 Å². The van der Waals surface area contributed by atoms with Gasteiger partial charge < -0.3 is 10.2 Å². The summed E-state index contributed by atoms with van der Waals surface area (Å²) in [6.45, 7) is 0.661. The van der Waals surface area contributed by atoms with Gasteiger partial charge in [0.2, 0.25) is 0 Å². The van der Waals surface area contributed by atoms with Gasteiger partial charge in [-0.05, 0) is 42.0 Å². The lowest BCUT2D eigenvalue weighted by atomic mass is 10.2. The molecule has 120 valence electrons. The zero-order chi connectivity index (χ0) is 16.8. The molecule has 2 heterocycles. The van der Waals surface area contributed by atoms with Crippen LogP contribution in [0.25, 0.3) is 0 Å². The Balaban J connectivity index is 1.71. The van der Waals surface area contributed by atoms with Gasteiger partial charge >= 0.3 is 0 Å². The quantitative estimate of drug-likeness (QED) is 0.783. The lowest BCUT2D eigenvalue weighted by Gasteiger charge is -2.17. The summed E-state index contributed by atoms with van der Waals surface area (Å²) in [7, 11) is 1.75. The highest BCUT2D eigenvalue weighted by atomic mass is 16.2. The second-order valence-electron chi connectivity index (χ2n) is 5.34. The molecule has 0 saturated heterocycles. The number of carbonyl (C=O) groups is 1. The topological polar surface area (TPSA) is 58.1 Å². The first-order valence-electron chi connectivity index (χ1n) is 7.66. The molecule has 0 bridgehead atoms. The summed E-state index contributed by atoms with van der Waals surface area (Å²) < 4.78 is 0. The van der Waals surface area contributed by atoms with Crippen LogP contribution < -0.4 is 10.2 Å². The molecule has 0 atom stereocenters. The van der Waals surface area contributed by atoms with E-state index in [1.54, 1.807) is 36.6 Å². The van der Waals surface area contributed by atoms with Gasteiger partial charge in [-0.2, -0.15) is 0 Å². The predicted molar refractivity (Wildman–Crippen MR) is 95.0 cm³/mol. The smallest absolute Gasteiger partial charge is 0.276 e. The average Bonchev–Trinajstić information content (AvgIpc) is 2.67. The van der Waals surface area contributed by atoms with Gasteiger partial charge in [-0.1, -0.05) is 18.2 Å². The van der Waals surface area contributed by atoms with Crippen molar-refractivity contribution in [1.29, 1.82) is 0 Å². The minimum absolute atomic E-state index is 0.145. The molecule has 0 radical (unpaired) electrons. The van der Waals surface area contributed by atoms with E-state index in [1.165, 1.54) is 0 Å². The van der Waals surface area contributed by atoms with Crippen LogP contribution in [0.15, 0.2) is 73.2 Å². The van der Waals surface area contributed by atoms with Crippen LogP contribution in [0.1, 0.15) is 16.1 Å². The molecule has 0 spiro atoms. The second-order valence-corrected chi connectivity index (χ2v) is 5.34. The van der Waals surface area contributed by atoms with Crippen molar-refractivity contribution in [3.05, 3.63) is 84.4 Å². The first-order valence-corrected chi connectivity index (χ1v) is 7.66. The molecule has 3 rings (SSSR count). The average molecular weight is 318 g/mol. The van der Waals surface area contributed by atoms with Crippen molar-refractivity contribution in [2.75, 3.05) is 17.3 Å². The number of rotatable bonds is 5. The fraction of sp³-hybridized carbons (Fsp3) is 0.105. The van der Waals surface area contributed by atoms with Crippen LogP contribution in [-0.4, -0.2) is 22.9 Å². The van der Waals surface area contributed by atoms with E-state index in [2.05, 4.69) is 15.3 Å². The Bertz CT molecular complexity index is 806. The van der Waals surface area contributed by atoms with Crippen molar-refractivity contribution >= 4 is 17.3 Å².